The summed E-state index contributed by atoms with van der Waals surface area (Å²) in [6.45, 7) is 2.20. The van der Waals surface area contributed by atoms with Crippen molar-refractivity contribution in [3.63, 3.8) is 0 Å². The molecule has 4 rings (SSSR count). The van der Waals surface area contributed by atoms with Crippen LogP contribution in [0.2, 0.25) is 0 Å². The fourth-order valence-electron chi connectivity index (χ4n) is 4.00. The fraction of sp³-hybridized carbons (Fsp3) is 0.526. The Morgan fingerprint density at radius 1 is 1.19 bits per heavy atom. The summed E-state index contributed by atoms with van der Waals surface area (Å²) in [7, 11) is 0. The minimum Gasteiger partial charge on any atom is -0.365 e. The van der Waals surface area contributed by atoms with Gasteiger partial charge in [0, 0.05) is 16.9 Å². The van der Waals surface area contributed by atoms with E-state index in [1.807, 2.05) is 0 Å². The lowest BCUT2D eigenvalue weighted by Crippen LogP contribution is -2.20. The van der Waals surface area contributed by atoms with Gasteiger partial charge in [-0.2, -0.15) is 0 Å². The van der Waals surface area contributed by atoms with Gasteiger partial charge in [0.05, 0.1) is 5.56 Å². The molecule has 6 nitrogen and oxygen atoms in total. The Morgan fingerprint density at radius 3 is 2.81 bits per heavy atom. The van der Waals surface area contributed by atoms with Crippen molar-refractivity contribution in [1.29, 1.82) is 0 Å². The minimum atomic E-state index is -0.480. The lowest BCUT2D eigenvalue weighted by molar-refractivity contribution is 0.1000. The second-order valence-electron chi connectivity index (χ2n) is 7.37. The number of nitrogens with two attached hydrogens (primary N) is 1. The number of anilines is 1. The molecule has 0 aromatic carbocycles. The van der Waals surface area contributed by atoms with Crippen molar-refractivity contribution in [1.82, 2.24) is 5.16 Å². The van der Waals surface area contributed by atoms with Crippen molar-refractivity contribution >= 4 is 28.2 Å². The highest BCUT2D eigenvalue weighted by atomic mass is 32.1. The second-order valence-corrected chi connectivity index (χ2v) is 8.47. The molecule has 2 heterocycles. The van der Waals surface area contributed by atoms with E-state index in [1.54, 1.807) is 0 Å². The molecule has 0 unspecified atom stereocenters. The first kappa shape index (κ1) is 17.3. The van der Waals surface area contributed by atoms with E-state index < -0.39 is 5.91 Å². The van der Waals surface area contributed by atoms with Crippen LogP contribution in [0, 0.1) is 5.92 Å². The van der Waals surface area contributed by atoms with Gasteiger partial charge in [0.25, 0.3) is 11.8 Å². The molecule has 3 N–H and O–H groups in total. The quantitative estimate of drug-likeness (QED) is 0.805. The number of aromatic nitrogens is 1. The Morgan fingerprint density at radius 2 is 2.00 bits per heavy atom. The first-order chi connectivity index (χ1) is 12.5. The summed E-state index contributed by atoms with van der Waals surface area (Å²) >= 11 is 1.47. The molecule has 0 spiro atoms. The predicted octanol–water partition coefficient (Wildman–Crippen LogP) is 3.48. The van der Waals surface area contributed by atoms with E-state index in [1.165, 1.54) is 11.3 Å². The maximum absolute atomic E-state index is 12.8. The van der Waals surface area contributed by atoms with Crippen LogP contribution in [0.5, 0.6) is 0 Å². The summed E-state index contributed by atoms with van der Waals surface area (Å²) in [6.07, 6.45) is 7.66. The van der Waals surface area contributed by atoms with Gasteiger partial charge in [-0.15, -0.1) is 11.3 Å². The number of carbonyl (C=O) groups is 2. The molecule has 7 heteroatoms. The topological polar surface area (TPSA) is 98.2 Å². The second kappa shape index (κ2) is 6.87. The summed E-state index contributed by atoms with van der Waals surface area (Å²) in [5.74, 6) is 0.608. The maximum Gasteiger partial charge on any atom is 0.278 e. The number of thiophene rings is 1. The Bertz CT molecular complexity index is 868. The van der Waals surface area contributed by atoms with Gasteiger partial charge in [-0.25, -0.2) is 0 Å². The van der Waals surface area contributed by atoms with Gasteiger partial charge in [0.2, 0.25) is 0 Å². The van der Waals surface area contributed by atoms with Crippen LogP contribution in [0.3, 0.4) is 0 Å². The highest BCUT2D eigenvalue weighted by Gasteiger charge is 2.29. The van der Waals surface area contributed by atoms with E-state index in [0.29, 0.717) is 22.2 Å². The maximum atomic E-state index is 12.8. The number of rotatable bonds is 3. The highest BCUT2D eigenvalue weighted by Crippen LogP contribution is 2.39. The molecule has 0 saturated heterocycles. The number of amides is 2. The van der Waals surface area contributed by atoms with E-state index in [-0.39, 0.29) is 5.91 Å². The van der Waals surface area contributed by atoms with Crippen molar-refractivity contribution in [3.8, 4) is 0 Å². The van der Waals surface area contributed by atoms with E-state index in [4.69, 9.17) is 10.3 Å². The zero-order valence-corrected chi connectivity index (χ0v) is 15.7. The molecule has 0 radical (unpaired) electrons. The van der Waals surface area contributed by atoms with Crippen molar-refractivity contribution in [2.24, 2.45) is 11.7 Å². The fourth-order valence-corrected chi connectivity index (χ4v) is 5.41. The highest BCUT2D eigenvalue weighted by molar-refractivity contribution is 7.17. The van der Waals surface area contributed by atoms with Crippen LogP contribution in [0.4, 0.5) is 5.00 Å². The van der Waals surface area contributed by atoms with Gasteiger partial charge >= 0.3 is 0 Å². The monoisotopic (exact) mass is 373 g/mol. The number of hydrogen-bond donors (Lipinski definition) is 2. The first-order valence-electron chi connectivity index (χ1n) is 9.27. The van der Waals surface area contributed by atoms with Gasteiger partial charge in [0.1, 0.15) is 10.8 Å². The summed E-state index contributed by atoms with van der Waals surface area (Å²) in [5, 5.41) is 7.45. The zero-order valence-electron chi connectivity index (χ0n) is 14.9. The number of aryl methyl sites for hydroxylation is 1. The molecule has 1 atom stereocenters. The van der Waals surface area contributed by atoms with E-state index in [9.17, 15) is 9.59 Å². The van der Waals surface area contributed by atoms with Crippen molar-refractivity contribution in [2.75, 3.05) is 5.32 Å². The molecule has 0 aliphatic heterocycles. The van der Waals surface area contributed by atoms with Crippen molar-refractivity contribution < 1.29 is 14.1 Å². The van der Waals surface area contributed by atoms with Crippen LogP contribution in [0.1, 0.15) is 75.2 Å². The van der Waals surface area contributed by atoms with E-state index >= 15 is 0 Å². The molecule has 26 heavy (non-hydrogen) atoms. The Kier molecular flexibility index (Phi) is 4.56. The van der Waals surface area contributed by atoms with Crippen LogP contribution < -0.4 is 11.1 Å². The summed E-state index contributed by atoms with van der Waals surface area (Å²) in [4.78, 5) is 26.0. The van der Waals surface area contributed by atoms with Gasteiger partial charge in [-0.1, -0.05) is 18.5 Å². The zero-order chi connectivity index (χ0) is 18.3. The smallest absolute Gasteiger partial charge is 0.278 e. The molecule has 2 aromatic rings. The molecule has 0 bridgehead atoms. The lowest BCUT2D eigenvalue weighted by Gasteiger charge is -2.18. The summed E-state index contributed by atoms with van der Waals surface area (Å²) < 4.78 is 5.40. The number of primary amides is 1. The molecule has 2 amide bonds. The molecule has 2 aliphatic carbocycles. The number of carbonyl (C=O) groups excluding carboxylic acids is 2. The third-order valence-electron chi connectivity index (χ3n) is 5.40. The molecule has 2 aromatic heterocycles. The van der Waals surface area contributed by atoms with E-state index in [0.717, 1.165) is 73.1 Å². The van der Waals surface area contributed by atoms with Gasteiger partial charge < -0.3 is 15.6 Å². The average Bonchev–Trinajstić information content (AvgIpc) is 3.07. The molecule has 0 fully saturated rings. The van der Waals surface area contributed by atoms with Crippen LogP contribution in [0.15, 0.2) is 4.52 Å². The largest absolute Gasteiger partial charge is 0.365 e. The summed E-state index contributed by atoms with van der Waals surface area (Å²) in [6, 6.07) is 0. The van der Waals surface area contributed by atoms with E-state index in [2.05, 4.69) is 17.4 Å². The molecule has 138 valence electrons. The Hall–Kier alpha value is -2.15. The third kappa shape index (κ3) is 3.05. The predicted molar refractivity (Wildman–Crippen MR) is 99.7 cm³/mol. The number of nitrogens with one attached hydrogen (secondary N) is 1. The first-order valence-corrected chi connectivity index (χ1v) is 10.1. The molecular weight excluding hydrogens is 350 g/mol. The van der Waals surface area contributed by atoms with Gasteiger partial charge in [-0.3, -0.25) is 9.59 Å². The van der Waals surface area contributed by atoms with Crippen LogP contribution >= 0.6 is 11.3 Å². The minimum absolute atomic E-state index is 0.314. The lowest BCUT2D eigenvalue weighted by atomic mass is 9.88. The van der Waals surface area contributed by atoms with Crippen LogP contribution in [-0.4, -0.2) is 17.0 Å². The number of hydrogen-bond acceptors (Lipinski definition) is 5. The van der Waals surface area contributed by atoms with Crippen molar-refractivity contribution in [3.05, 3.63) is 33.0 Å². The number of fused-ring (bicyclic) bond motifs is 2. The molecule has 0 saturated carbocycles. The van der Waals surface area contributed by atoms with Gasteiger partial charge in [-0.05, 0) is 50.0 Å². The van der Waals surface area contributed by atoms with Crippen molar-refractivity contribution in [2.45, 2.75) is 58.3 Å². The third-order valence-corrected chi connectivity index (χ3v) is 6.57. The normalized spacial score (nSPS) is 19.3. The average molecular weight is 373 g/mol. The van der Waals surface area contributed by atoms with Crippen LogP contribution in [0.25, 0.3) is 0 Å². The van der Waals surface area contributed by atoms with Gasteiger partial charge in [0.15, 0.2) is 5.69 Å². The Labute approximate surface area is 156 Å². The SMILES string of the molecule is C[C@@H]1CCc2c(sc(NC(=O)c3noc4c3CCCCC4)c2C(N)=O)C1. The molecular formula is C19H23N3O3S. The summed E-state index contributed by atoms with van der Waals surface area (Å²) in [5.41, 5.74) is 8.36. The molecule has 2 aliphatic rings. The standard InChI is InChI=1S/C19H23N3O3S/c1-10-7-8-12-14(9-10)26-19(15(12)17(20)23)21-18(24)16-11-5-3-2-4-6-13(11)25-22-16/h10H,2-9H2,1H3,(H2,20,23)(H,21,24)/t10-/m1/s1. The Balaban J connectivity index is 1.64. The van der Waals surface area contributed by atoms with Crippen LogP contribution in [-0.2, 0) is 25.7 Å². The number of nitrogens with zero attached hydrogens (tertiary/aromatic N) is 1.